The number of ether oxygens (including phenoxy) is 1. The van der Waals surface area contributed by atoms with E-state index in [0.717, 1.165) is 19.3 Å². The van der Waals surface area contributed by atoms with Crippen LogP contribution in [0.1, 0.15) is 81.6 Å². The van der Waals surface area contributed by atoms with Crippen molar-refractivity contribution in [1.29, 1.82) is 0 Å². The third-order valence-corrected chi connectivity index (χ3v) is 4.96. The Morgan fingerprint density at radius 1 is 1.00 bits per heavy atom. The maximum atomic E-state index is 12.7. The summed E-state index contributed by atoms with van der Waals surface area (Å²) in [5.41, 5.74) is -0.353. The standard InChI is InChI=1S/C17H34O2/c1-10-15(5,6)12-17(9,16(7,8)11-2)14(18)19-13(3)4/h13H,10-12H2,1-9H3. The zero-order valence-corrected chi connectivity index (χ0v) is 14.5. The minimum atomic E-state index is -0.439. The van der Waals surface area contributed by atoms with Gasteiger partial charge < -0.3 is 4.74 Å². The molecule has 0 aliphatic heterocycles. The Bertz CT molecular complexity index is 302. The van der Waals surface area contributed by atoms with Gasteiger partial charge in [-0.1, -0.05) is 48.0 Å². The van der Waals surface area contributed by atoms with E-state index in [0.29, 0.717) is 0 Å². The highest BCUT2D eigenvalue weighted by Gasteiger charge is 2.49. The number of rotatable bonds is 7. The summed E-state index contributed by atoms with van der Waals surface area (Å²) in [6, 6.07) is 0. The van der Waals surface area contributed by atoms with Crippen molar-refractivity contribution in [3.63, 3.8) is 0 Å². The zero-order chi connectivity index (χ0) is 15.5. The highest BCUT2D eigenvalue weighted by atomic mass is 16.5. The molecule has 0 aliphatic carbocycles. The van der Waals surface area contributed by atoms with Crippen LogP contribution in [0.15, 0.2) is 0 Å². The molecule has 1 atom stereocenters. The molecule has 0 saturated heterocycles. The highest BCUT2D eigenvalue weighted by Crippen LogP contribution is 2.50. The average molecular weight is 270 g/mol. The molecule has 0 bridgehead atoms. The van der Waals surface area contributed by atoms with Crippen molar-refractivity contribution in [1.82, 2.24) is 0 Å². The van der Waals surface area contributed by atoms with Crippen LogP contribution in [0.3, 0.4) is 0 Å². The second-order valence-electron chi connectivity index (χ2n) is 7.72. The van der Waals surface area contributed by atoms with Gasteiger partial charge in [0.05, 0.1) is 11.5 Å². The summed E-state index contributed by atoms with van der Waals surface area (Å²) < 4.78 is 5.55. The molecule has 114 valence electrons. The molecule has 0 amide bonds. The Morgan fingerprint density at radius 3 is 1.79 bits per heavy atom. The number of esters is 1. The monoisotopic (exact) mass is 270 g/mol. The quantitative estimate of drug-likeness (QED) is 0.594. The van der Waals surface area contributed by atoms with Crippen LogP contribution in [0.5, 0.6) is 0 Å². The van der Waals surface area contributed by atoms with Crippen LogP contribution in [0.2, 0.25) is 0 Å². The average Bonchev–Trinajstić information content (AvgIpc) is 2.27. The first-order chi connectivity index (χ1) is 8.42. The number of carbonyl (C=O) groups excluding carboxylic acids is 1. The van der Waals surface area contributed by atoms with E-state index in [1.54, 1.807) is 0 Å². The Kier molecular flexibility index (Phi) is 6.10. The van der Waals surface area contributed by atoms with Gasteiger partial charge in [0.15, 0.2) is 0 Å². The van der Waals surface area contributed by atoms with Gasteiger partial charge in [0, 0.05) is 0 Å². The summed E-state index contributed by atoms with van der Waals surface area (Å²) in [7, 11) is 0. The molecular weight excluding hydrogens is 236 g/mol. The first-order valence-corrected chi connectivity index (χ1v) is 7.63. The largest absolute Gasteiger partial charge is 0.463 e. The van der Waals surface area contributed by atoms with Crippen LogP contribution < -0.4 is 0 Å². The van der Waals surface area contributed by atoms with Crippen molar-refractivity contribution in [3.8, 4) is 0 Å². The minimum Gasteiger partial charge on any atom is -0.463 e. The molecule has 0 aromatic carbocycles. The molecule has 0 radical (unpaired) electrons. The minimum absolute atomic E-state index is 0.0455. The lowest BCUT2D eigenvalue weighted by Gasteiger charge is -2.46. The zero-order valence-electron chi connectivity index (χ0n) is 14.5. The lowest BCUT2D eigenvalue weighted by atomic mass is 9.58. The van der Waals surface area contributed by atoms with Crippen molar-refractivity contribution in [2.75, 3.05) is 0 Å². The molecule has 0 spiro atoms. The molecule has 2 nitrogen and oxygen atoms in total. The molecule has 0 aromatic rings. The maximum Gasteiger partial charge on any atom is 0.312 e. The van der Waals surface area contributed by atoms with Crippen LogP contribution >= 0.6 is 0 Å². The molecule has 0 aliphatic rings. The Morgan fingerprint density at radius 2 is 1.47 bits per heavy atom. The molecule has 2 heteroatoms. The smallest absolute Gasteiger partial charge is 0.312 e. The van der Waals surface area contributed by atoms with E-state index in [-0.39, 0.29) is 22.9 Å². The predicted molar refractivity (Wildman–Crippen MR) is 82.1 cm³/mol. The van der Waals surface area contributed by atoms with Gasteiger partial charge in [0.25, 0.3) is 0 Å². The highest BCUT2D eigenvalue weighted by molar-refractivity contribution is 5.77. The van der Waals surface area contributed by atoms with Crippen LogP contribution in [-0.2, 0) is 9.53 Å². The number of hydrogen-bond donors (Lipinski definition) is 0. The van der Waals surface area contributed by atoms with E-state index in [2.05, 4.69) is 48.5 Å². The topological polar surface area (TPSA) is 26.3 Å². The summed E-state index contributed by atoms with van der Waals surface area (Å²) in [6.45, 7) is 19.1. The fraction of sp³-hybridized carbons (Fsp3) is 0.941. The second kappa shape index (κ2) is 6.28. The molecule has 1 unspecified atom stereocenters. The SMILES string of the molecule is CCC(C)(C)CC(C)(C(=O)OC(C)C)C(C)(C)CC. The van der Waals surface area contributed by atoms with Gasteiger partial charge in [-0.05, 0) is 44.4 Å². The van der Waals surface area contributed by atoms with Crippen molar-refractivity contribution < 1.29 is 9.53 Å². The van der Waals surface area contributed by atoms with Crippen molar-refractivity contribution in [2.45, 2.75) is 87.7 Å². The lowest BCUT2D eigenvalue weighted by molar-refractivity contribution is -0.170. The molecule has 0 fully saturated rings. The first kappa shape index (κ1) is 18.5. The number of hydrogen-bond acceptors (Lipinski definition) is 2. The fourth-order valence-corrected chi connectivity index (χ4v) is 2.40. The van der Waals surface area contributed by atoms with Crippen molar-refractivity contribution in [2.24, 2.45) is 16.2 Å². The Labute approximate surface area is 120 Å². The normalized spacial score (nSPS) is 16.3. The maximum absolute atomic E-state index is 12.7. The van der Waals surface area contributed by atoms with Gasteiger partial charge in [0.1, 0.15) is 0 Å². The van der Waals surface area contributed by atoms with Gasteiger partial charge in [0.2, 0.25) is 0 Å². The van der Waals surface area contributed by atoms with E-state index in [1.807, 2.05) is 13.8 Å². The summed E-state index contributed by atoms with van der Waals surface area (Å²) in [5.74, 6) is -0.0455. The van der Waals surface area contributed by atoms with E-state index >= 15 is 0 Å². The summed E-state index contributed by atoms with van der Waals surface area (Å²) >= 11 is 0. The van der Waals surface area contributed by atoms with Gasteiger partial charge in [-0.3, -0.25) is 4.79 Å². The van der Waals surface area contributed by atoms with Gasteiger partial charge in [-0.2, -0.15) is 0 Å². The molecule has 0 aromatic heterocycles. The van der Waals surface area contributed by atoms with Crippen LogP contribution in [0, 0.1) is 16.2 Å². The molecule has 0 heterocycles. The summed E-state index contributed by atoms with van der Waals surface area (Å²) in [4.78, 5) is 12.7. The Balaban J connectivity index is 5.43. The van der Waals surface area contributed by atoms with E-state index in [4.69, 9.17) is 4.74 Å². The van der Waals surface area contributed by atoms with Crippen molar-refractivity contribution in [3.05, 3.63) is 0 Å². The van der Waals surface area contributed by atoms with E-state index in [1.165, 1.54) is 0 Å². The number of carbonyl (C=O) groups is 1. The Hall–Kier alpha value is -0.530. The van der Waals surface area contributed by atoms with Crippen LogP contribution in [0.4, 0.5) is 0 Å². The molecule has 0 rings (SSSR count). The van der Waals surface area contributed by atoms with Gasteiger partial charge >= 0.3 is 5.97 Å². The lowest BCUT2D eigenvalue weighted by Crippen LogP contribution is -2.46. The van der Waals surface area contributed by atoms with E-state index in [9.17, 15) is 4.79 Å². The first-order valence-electron chi connectivity index (χ1n) is 7.63. The predicted octanol–water partition coefficient (Wildman–Crippen LogP) is 5.21. The fourth-order valence-electron chi connectivity index (χ4n) is 2.40. The van der Waals surface area contributed by atoms with Crippen LogP contribution in [-0.4, -0.2) is 12.1 Å². The summed E-state index contributed by atoms with van der Waals surface area (Å²) in [6.07, 6.45) is 2.85. The molecule has 0 N–H and O–H groups in total. The molecular formula is C17H34O2. The molecule has 0 saturated carbocycles. The molecule has 19 heavy (non-hydrogen) atoms. The van der Waals surface area contributed by atoms with Crippen LogP contribution in [0.25, 0.3) is 0 Å². The van der Waals surface area contributed by atoms with Gasteiger partial charge in [-0.25, -0.2) is 0 Å². The van der Waals surface area contributed by atoms with Gasteiger partial charge in [-0.15, -0.1) is 0 Å². The summed E-state index contributed by atoms with van der Waals surface area (Å²) in [5, 5.41) is 0. The second-order valence-corrected chi connectivity index (χ2v) is 7.72. The van der Waals surface area contributed by atoms with E-state index < -0.39 is 5.41 Å². The third-order valence-electron chi connectivity index (χ3n) is 4.96. The van der Waals surface area contributed by atoms with Crippen molar-refractivity contribution >= 4 is 5.97 Å². The third kappa shape index (κ3) is 4.50.